The van der Waals surface area contributed by atoms with E-state index in [0.717, 1.165) is 24.8 Å². The van der Waals surface area contributed by atoms with Crippen molar-refractivity contribution in [3.05, 3.63) is 35.9 Å². The Balaban J connectivity index is 1.31. The van der Waals surface area contributed by atoms with Gasteiger partial charge in [0.05, 0.1) is 6.54 Å². The van der Waals surface area contributed by atoms with Crippen LogP contribution in [-0.4, -0.2) is 35.5 Å². The summed E-state index contributed by atoms with van der Waals surface area (Å²) in [6.45, 7) is -0.168. The summed E-state index contributed by atoms with van der Waals surface area (Å²) in [6.07, 6.45) is 6.81. The highest BCUT2D eigenvalue weighted by atomic mass is 16.4. The third-order valence-corrected chi connectivity index (χ3v) is 6.85. The lowest BCUT2D eigenvalue weighted by molar-refractivity contribution is -0.147. The summed E-state index contributed by atoms with van der Waals surface area (Å²) in [7, 11) is 0. The SMILES string of the molecule is O=C(CNC(=O)C12CC3CC(CC(C3)C1)C2)NC(Cc1ccccc1)C(=O)O. The predicted octanol–water partition coefficient (Wildman–Crippen LogP) is 2.13. The number of rotatable bonds is 7. The molecule has 2 amide bonds. The molecule has 6 heteroatoms. The van der Waals surface area contributed by atoms with Crippen molar-refractivity contribution in [3.63, 3.8) is 0 Å². The van der Waals surface area contributed by atoms with Crippen molar-refractivity contribution >= 4 is 17.8 Å². The average Bonchev–Trinajstić information content (AvgIpc) is 2.65. The molecule has 3 N–H and O–H groups in total. The van der Waals surface area contributed by atoms with Crippen LogP contribution in [0.4, 0.5) is 0 Å². The molecule has 28 heavy (non-hydrogen) atoms. The summed E-state index contributed by atoms with van der Waals surface area (Å²) in [5.74, 6) is 0.428. The first kappa shape index (κ1) is 19.0. The van der Waals surface area contributed by atoms with E-state index in [2.05, 4.69) is 10.6 Å². The van der Waals surface area contributed by atoms with E-state index in [1.54, 1.807) is 0 Å². The van der Waals surface area contributed by atoms with E-state index in [1.165, 1.54) is 19.3 Å². The smallest absolute Gasteiger partial charge is 0.326 e. The Morgan fingerprint density at radius 1 is 1.00 bits per heavy atom. The first-order valence-electron chi connectivity index (χ1n) is 10.3. The van der Waals surface area contributed by atoms with Crippen molar-refractivity contribution in [2.75, 3.05) is 6.54 Å². The van der Waals surface area contributed by atoms with Crippen molar-refractivity contribution < 1.29 is 19.5 Å². The van der Waals surface area contributed by atoms with E-state index in [-0.39, 0.29) is 24.3 Å². The van der Waals surface area contributed by atoms with Crippen molar-refractivity contribution in [2.45, 2.75) is 51.0 Å². The van der Waals surface area contributed by atoms with Gasteiger partial charge in [-0.25, -0.2) is 4.79 Å². The summed E-state index contributed by atoms with van der Waals surface area (Å²) >= 11 is 0. The summed E-state index contributed by atoms with van der Waals surface area (Å²) in [5, 5.41) is 14.8. The van der Waals surface area contributed by atoms with Gasteiger partial charge >= 0.3 is 5.97 Å². The van der Waals surface area contributed by atoms with Gasteiger partial charge in [-0.05, 0) is 61.8 Å². The number of hydrogen-bond acceptors (Lipinski definition) is 3. The van der Waals surface area contributed by atoms with Crippen LogP contribution in [-0.2, 0) is 20.8 Å². The van der Waals surface area contributed by atoms with E-state index in [0.29, 0.717) is 17.8 Å². The van der Waals surface area contributed by atoms with Crippen molar-refractivity contribution in [1.82, 2.24) is 10.6 Å². The molecular weight excluding hydrogens is 356 g/mol. The minimum absolute atomic E-state index is 0.0170. The van der Waals surface area contributed by atoms with Gasteiger partial charge < -0.3 is 15.7 Å². The minimum Gasteiger partial charge on any atom is -0.480 e. The molecule has 0 saturated heterocycles. The van der Waals surface area contributed by atoms with Crippen LogP contribution < -0.4 is 10.6 Å². The molecule has 150 valence electrons. The van der Waals surface area contributed by atoms with Gasteiger partial charge in [-0.2, -0.15) is 0 Å². The number of carboxylic acid groups (broad SMARTS) is 1. The molecule has 5 rings (SSSR count). The lowest BCUT2D eigenvalue weighted by Gasteiger charge is -2.55. The van der Waals surface area contributed by atoms with E-state index in [4.69, 9.17) is 0 Å². The van der Waals surface area contributed by atoms with Crippen LogP contribution in [0.15, 0.2) is 30.3 Å². The van der Waals surface area contributed by atoms with Crippen LogP contribution in [0.3, 0.4) is 0 Å². The van der Waals surface area contributed by atoms with E-state index >= 15 is 0 Å². The highest BCUT2D eigenvalue weighted by Crippen LogP contribution is 2.60. The number of aliphatic carboxylic acids is 1. The van der Waals surface area contributed by atoms with E-state index < -0.39 is 17.9 Å². The van der Waals surface area contributed by atoms with Crippen LogP contribution in [0.5, 0.6) is 0 Å². The standard InChI is InChI=1S/C22H28N2O4/c25-19(24-18(20(26)27)9-14-4-2-1-3-5-14)13-23-21(28)22-10-15-6-16(11-22)8-17(7-15)12-22/h1-5,15-18H,6-13H2,(H,23,28)(H,24,25)(H,26,27). The molecule has 0 aromatic heterocycles. The minimum atomic E-state index is -1.08. The molecule has 4 aliphatic rings. The summed E-state index contributed by atoms with van der Waals surface area (Å²) in [6, 6.07) is 8.18. The lowest BCUT2D eigenvalue weighted by atomic mass is 9.49. The van der Waals surface area contributed by atoms with E-state index in [9.17, 15) is 19.5 Å². The Hall–Kier alpha value is -2.37. The Bertz CT molecular complexity index is 726. The zero-order valence-corrected chi connectivity index (χ0v) is 16.0. The van der Waals surface area contributed by atoms with Gasteiger partial charge in [0.1, 0.15) is 6.04 Å². The molecule has 0 spiro atoms. The molecule has 1 unspecified atom stereocenters. The van der Waals surface area contributed by atoms with Gasteiger partial charge in [-0.1, -0.05) is 30.3 Å². The van der Waals surface area contributed by atoms with Crippen molar-refractivity contribution in [1.29, 1.82) is 0 Å². The number of hydrogen-bond donors (Lipinski definition) is 3. The molecule has 4 saturated carbocycles. The first-order chi connectivity index (χ1) is 13.4. The molecule has 4 fully saturated rings. The second kappa shape index (κ2) is 7.57. The number of amides is 2. The normalized spacial score (nSPS) is 31.2. The molecule has 6 nitrogen and oxygen atoms in total. The van der Waals surface area contributed by atoms with Crippen LogP contribution in [0, 0.1) is 23.2 Å². The molecule has 0 heterocycles. The topological polar surface area (TPSA) is 95.5 Å². The molecule has 1 aromatic carbocycles. The number of nitrogens with one attached hydrogen (secondary N) is 2. The quantitative estimate of drug-likeness (QED) is 0.671. The zero-order valence-electron chi connectivity index (χ0n) is 16.0. The maximum absolute atomic E-state index is 12.9. The highest BCUT2D eigenvalue weighted by molar-refractivity contribution is 5.90. The number of benzene rings is 1. The molecular formula is C22H28N2O4. The number of carboxylic acids is 1. The Kier molecular flexibility index (Phi) is 5.13. The van der Waals surface area contributed by atoms with Gasteiger partial charge in [-0.15, -0.1) is 0 Å². The van der Waals surface area contributed by atoms with Gasteiger partial charge in [0.25, 0.3) is 0 Å². The lowest BCUT2D eigenvalue weighted by Crippen LogP contribution is -2.55. The molecule has 4 aliphatic carbocycles. The van der Waals surface area contributed by atoms with Crippen LogP contribution in [0.2, 0.25) is 0 Å². The van der Waals surface area contributed by atoms with Crippen LogP contribution in [0.1, 0.15) is 44.1 Å². The second-order valence-electron chi connectivity index (χ2n) is 9.03. The van der Waals surface area contributed by atoms with Crippen molar-refractivity contribution in [3.8, 4) is 0 Å². The van der Waals surface area contributed by atoms with Crippen LogP contribution in [0.25, 0.3) is 0 Å². The van der Waals surface area contributed by atoms with Crippen LogP contribution >= 0.6 is 0 Å². The predicted molar refractivity (Wildman–Crippen MR) is 103 cm³/mol. The Morgan fingerprint density at radius 3 is 2.11 bits per heavy atom. The molecule has 0 radical (unpaired) electrons. The number of carbonyl (C=O) groups excluding carboxylic acids is 2. The average molecular weight is 384 g/mol. The summed E-state index contributed by atoms with van der Waals surface area (Å²) in [4.78, 5) is 36.7. The Morgan fingerprint density at radius 2 is 1.57 bits per heavy atom. The fourth-order valence-electron chi connectivity index (χ4n) is 6.03. The van der Waals surface area contributed by atoms with Crippen molar-refractivity contribution in [2.24, 2.45) is 23.2 Å². The Labute approximate surface area is 165 Å². The second-order valence-corrected chi connectivity index (χ2v) is 9.03. The third-order valence-electron chi connectivity index (χ3n) is 6.85. The number of carbonyl (C=O) groups is 3. The first-order valence-corrected chi connectivity index (χ1v) is 10.3. The zero-order chi connectivity index (χ0) is 19.7. The maximum Gasteiger partial charge on any atom is 0.326 e. The summed E-state index contributed by atoms with van der Waals surface area (Å²) < 4.78 is 0. The fourth-order valence-corrected chi connectivity index (χ4v) is 6.03. The third kappa shape index (κ3) is 3.91. The van der Waals surface area contributed by atoms with Gasteiger partial charge in [0, 0.05) is 11.8 Å². The van der Waals surface area contributed by atoms with E-state index in [1.807, 2.05) is 30.3 Å². The maximum atomic E-state index is 12.9. The fraction of sp³-hybridized carbons (Fsp3) is 0.591. The molecule has 1 atom stereocenters. The summed E-state index contributed by atoms with van der Waals surface area (Å²) in [5.41, 5.74) is 0.540. The van der Waals surface area contributed by atoms with Gasteiger partial charge in [-0.3, -0.25) is 9.59 Å². The highest BCUT2D eigenvalue weighted by Gasteiger charge is 2.54. The molecule has 0 aliphatic heterocycles. The van der Waals surface area contributed by atoms with Gasteiger partial charge in [0.2, 0.25) is 11.8 Å². The molecule has 4 bridgehead atoms. The van der Waals surface area contributed by atoms with Gasteiger partial charge in [0.15, 0.2) is 0 Å². The monoisotopic (exact) mass is 384 g/mol. The molecule has 1 aromatic rings. The largest absolute Gasteiger partial charge is 0.480 e.